The first-order valence-electron chi connectivity index (χ1n) is 5.26. The van der Waals surface area contributed by atoms with Crippen LogP contribution in [0.1, 0.15) is 12.0 Å². The number of ether oxygens (including phenoxy) is 1. The number of nitrogens with zero attached hydrogens (tertiary/aromatic N) is 1. The number of aromatic nitrogens is 1. The van der Waals surface area contributed by atoms with E-state index in [1.165, 1.54) is 0 Å². The van der Waals surface area contributed by atoms with Crippen LogP contribution in [-0.4, -0.2) is 41.1 Å². The fourth-order valence-electron chi connectivity index (χ4n) is 2.04. The van der Waals surface area contributed by atoms with Gasteiger partial charge in [-0.15, -0.1) is 0 Å². The summed E-state index contributed by atoms with van der Waals surface area (Å²) in [4.78, 5) is 3.88. The first-order chi connectivity index (χ1) is 8.05. The molecule has 1 aromatic heterocycles. The van der Waals surface area contributed by atoms with Gasteiger partial charge in [0.2, 0.25) is 0 Å². The van der Waals surface area contributed by atoms with Crippen LogP contribution in [0, 0.1) is 0 Å². The van der Waals surface area contributed by atoms with Gasteiger partial charge in [0.05, 0.1) is 25.9 Å². The molecule has 0 bridgehead atoms. The van der Waals surface area contributed by atoms with Crippen LogP contribution in [0.3, 0.4) is 0 Å². The highest BCUT2D eigenvalue weighted by atomic mass is 35.5. The van der Waals surface area contributed by atoms with Crippen LogP contribution < -0.4 is 0 Å². The number of hydrogen-bond acceptors (Lipinski definition) is 4. The van der Waals surface area contributed by atoms with E-state index < -0.39 is 6.10 Å². The molecule has 0 saturated carbocycles. The topological polar surface area (TPSA) is 62.6 Å². The maximum absolute atomic E-state index is 9.57. The maximum atomic E-state index is 9.57. The van der Waals surface area contributed by atoms with E-state index in [1.807, 2.05) is 0 Å². The standard InChI is InChI=1S/C11H13Cl2NO3/c12-9-1-7(2-10(13)14-9)11(5-17-6-11)3-8(16)4-15/h1-2,8,15-16H,3-6H2. The van der Waals surface area contributed by atoms with Crippen molar-refractivity contribution in [3.63, 3.8) is 0 Å². The van der Waals surface area contributed by atoms with Crippen molar-refractivity contribution in [3.8, 4) is 0 Å². The summed E-state index contributed by atoms with van der Waals surface area (Å²) in [7, 11) is 0. The lowest BCUT2D eigenvalue weighted by Crippen LogP contribution is -2.49. The van der Waals surface area contributed by atoms with Gasteiger partial charge in [0.1, 0.15) is 10.3 Å². The summed E-state index contributed by atoms with van der Waals surface area (Å²) >= 11 is 11.7. The van der Waals surface area contributed by atoms with Crippen molar-refractivity contribution in [2.45, 2.75) is 17.9 Å². The van der Waals surface area contributed by atoms with Crippen molar-refractivity contribution in [1.29, 1.82) is 0 Å². The molecule has 1 saturated heterocycles. The molecule has 0 aliphatic carbocycles. The lowest BCUT2D eigenvalue weighted by atomic mass is 9.75. The number of rotatable bonds is 4. The second-order valence-corrected chi connectivity index (χ2v) is 5.09. The molecule has 6 heteroatoms. The van der Waals surface area contributed by atoms with Crippen molar-refractivity contribution < 1.29 is 14.9 Å². The van der Waals surface area contributed by atoms with Gasteiger partial charge in [0.15, 0.2) is 0 Å². The average molecular weight is 278 g/mol. The molecule has 94 valence electrons. The van der Waals surface area contributed by atoms with Gasteiger partial charge in [0.25, 0.3) is 0 Å². The Balaban J connectivity index is 2.27. The molecule has 1 fully saturated rings. The molecule has 2 heterocycles. The second-order valence-electron chi connectivity index (χ2n) is 4.31. The summed E-state index contributed by atoms with van der Waals surface area (Å²) in [6.07, 6.45) is -0.357. The summed E-state index contributed by atoms with van der Waals surface area (Å²) in [5, 5.41) is 19.1. The largest absolute Gasteiger partial charge is 0.394 e. The van der Waals surface area contributed by atoms with Crippen molar-refractivity contribution in [1.82, 2.24) is 4.98 Å². The van der Waals surface area contributed by atoms with Crippen LogP contribution in [0.5, 0.6) is 0 Å². The van der Waals surface area contributed by atoms with E-state index in [-0.39, 0.29) is 12.0 Å². The summed E-state index contributed by atoms with van der Waals surface area (Å²) in [5.41, 5.74) is 0.569. The first kappa shape index (κ1) is 13.1. The van der Waals surface area contributed by atoms with Crippen LogP contribution in [-0.2, 0) is 10.2 Å². The van der Waals surface area contributed by atoms with Crippen LogP contribution >= 0.6 is 23.2 Å². The molecule has 1 aliphatic rings. The zero-order chi connectivity index (χ0) is 12.5. The lowest BCUT2D eigenvalue weighted by molar-refractivity contribution is -0.0856. The fourth-order valence-corrected chi connectivity index (χ4v) is 2.50. The van der Waals surface area contributed by atoms with Crippen LogP contribution in [0.25, 0.3) is 0 Å². The van der Waals surface area contributed by atoms with E-state index in [1.54, 1.807) is 12.1 Å². The van der Waals surface area contributed by atoms with E-state index in [4.69, 9.17) is 33.0 Å². The fraction of sp³-hybridized carbons (Fsp3) is 0.545. The molecule has 0 spiro atoms. The van der Waals surface area contributed by atoms with Gasteiger partial charge >= 0.3 is 0 Å². The van der Waals surface area contributed by atoms with E-state index in [2.05, 4.69) is 4.98 Å². The van der Waals surface area contributed by atoms with Gasteiger partial charge in [-0.1, -0.05) is 23.2 Å². The van der Waals surface area contributed by atoms with Gasteiger partial charge in [-0.3, -0.25) is 0 Å². The summed E-state index contributed by atoms with van der Waals surface area (Å²) in [6.45, 7) is 0.704. The SMILES string of the molecule is OCC(O)CC1(c2cc(Cl)nc(Cl)c2)COC1. The van der Waals surface area contributed by atoms with Gasteiger partial charge in [-0.05, 0) is 24.1 Å². The highest BCUT2D eigenvalue weighted by molar-refractivity contribution is 6.32. The Morgan fingerprint density at radius 1 is 1.35 bits per heavy atom. The molecular formula is C11H13Cl2NO3. The predicted molar refractivity (Wildman–Crippen MR) is 64.5 cm³/mol. The first-order valence-corrected chi connectivity index (χ1v) is 6.01. The minimum atomic E-state index is -0.774. The summed E-state index contributed by atoms with van der Waals surface area (Å²) < 4.78 is 5.22. The molecule has 0 aromatic carbocycles. The Labute approximate surface area is 109 Å². The van der Waals surface area contributed by atoms with E-state index >= 15 is 0 Å². The van der Waals surface area contributed by atoms with Gasteiger partial charge in [-0.2, -0.15) is 0 Å². The van der Waals surface area contributed by atoms with Crippen LogP contribution in [0.15, 0.2) is 12.1 Å². The number of hydrogen-bond donors (Lipinski definition) is 2. The molecule has 2 N–H and O–H groups in total. The number of aliphatic hydroxyl groups is 2. The van der Waals surface area contributed by atoms with Gasteiger partial charge < -0.3 is 14.9 Å². The van der Waals surface area contributed by atoms with Crippen LogP contribution in [0.4, 0.5) is 0 Å². The zero-order valence-electron chi connectivity index (χ0n) is 9.07. The van der Waals surface area contributed by atoms with Crippen molar-refractivity contribution >= 4 is 23.2 Å². The van der Waals surface area contributed by atoms with Crippen LogP contribution in [0.2, 0.25) is 10.3 Å². The summed E-state index contributed by atoms with van der Waals surface area (Å²) in [6, 6.07) is 3.44. The van der Waals surface area contributed by atoms with Gasteiger partial charge in [0, 0.05) is 5.41 Å². The molecule has 4 nitrogen and oxygen atoms in total. The average Bonchev–Trinajstić information content (AvgIpc) is 2.21. The van der Waals surface area contributed by atoms with E-state index in [0.717, 1.165) is 5.56 Å². The van der Waals surface area contributed by atoms with Crippen molar-refractivity contribution in [2.75, 3.05) is 19.8 Å². The minimum absolute atomic E-state index is 0.270. The Bertz CT molecular complexity index is 389. The molecule has 1 aromatic rings. The normalized spacial score (nSPS) is 19.8. The third-order valence-electron chi connectivity index (χ3n) is 2.97. The monoisotopic (exact) mass is 277 g/mol. The zero-order valence-corrected chi connectivity index (χ0v) is 10.6. The smallest absolute Gasteiger partial charge is 0.131 e. The molecule has 0 amide bonds. The van der Waals surface area contributed by atoms with E-state index in [0.29, 0.717) is 29.9 Å². The third-order valence-corrected chi connectivity index (χ3v) is 3.36. The molecule has 2 rings (SSSR count). The number of halogens is 2. The molecule has 1 unspecified atom stereocenters. The highest BCUT2D eigenvalue weighted by Gasteiger charge is 2.42. The number of aliphatic hydroxyl groups excluding tert-OH is 2. The summed E-state index contributed by atoms with van der Waals surface area (Å²) in [5.74, 6) is 0. The third kappa shape index (κ3) is 2.72. The Morgan fingerprint density at radius 3 is 2.35 bits per heavy atom. The van der Waals surface area contributed by atoms with Crippen molar-refractivity contribution in [2.24, 2.45) is 0 Å². The van der Waals surface area contributed by atoms with Gasteiger partial charge in [-0.25, -0.2) is 4.98 Å². The number of pyridine rings is 1. The molecule has 0 radical (unpaired) electrons. The Hall–Kier alpha value is -0.390. The van der Waals surface area contributed by atoms with Crippen molar-refractivity contribution in [3.05, 3.63) is 28.0 Å². The molecule has 17 heavy (non-hydrogen) atoms. The lowest BCUT2D eigenvalue weighted by Gasteiger charge is -2.43. The minimum Gasteiger partial charge on any atom is -0.394 e. The quantitative estimate of drug-likeness (QED) is 0.817. The highest BCUT2D eigenvalue weighted by Crippen LogP contribution is 2.38. The van der Waals surface area contributed by atoms with E-state index in [9.17, 15) is 5.11 Å². The molecule has 1 aliphatic heterocycles. The predicted octanol–water partition coefficient (Wildman–Crippen LogP) is 1.40. The second kappa shape index (κ2) is 5.08. The Kier molecular flexibility index (Phi) is 3.90. The molecular weight excluding hydrogens is 265 g/mol. The maximum Gasteiger partial charge on any atom is 0.131 e. The Morgan fingerprint density at radius 2 is 1.94 bits per heavy atom. The molecule has 1 atom stereocenters.